The predicted octanol–water partition coefficient (Wildman–Crippen LogP) is 2.89. The molecule has 7 nitrogen and oxygen atoms in total. The highest BCUT2D eigenvalue weighted by atomic mass is 19.1. The average molecular weight is 426 g/mol. The normalized spacial score (nSPS) is 16.1. The Morgan fingerprint density at radius 2 is 1.90 bits per heavy atom. The molecule has 1 amide bonds. The third kappa shape index (κ3) is 3.99. The highest BCUT2D eigenvalue weighted by molar-refractivity contribution is 6.04. The van der Waals surface area contributed by atoms with Gasteiger partial charge in [-0.15, -0.1) is 0 Å². The fourth-order valence-electron chi connectivity index (χ4n) is 3.80. The van der Waals surface area contributed by atoms with Gasteiger partial charge in [0.25, 0.3) is 0 Å². The number of hydrogen-bond acceptors (Lipinski definition) is 5. The number of aryl methyl sites for hydroxylation is 3. The van der Waals surface area contributed by atoms with Crippen LogP contribution in [0.15, 0.2) is 30.6 Å². The van der Waals surface area contributed by atoms with Crippen LogP contribution in [0.1, 0.15) is 29.6 Å². The molecule has 3 aromatic rings. The van der Waals surface area contributed by atoms with Crippen LogP contribution in [-0.2, 0) is 24.2 Å². The number of amides is 1. The van der Waals surface area contributed by atoms with Crippen molar-refractivity contribution in [3.8, 4) is 0 Å². The Morgan fingerprint density at radius 1 is 1.13 bits per heavy atom. The van der Waals surface area contributed by atoms with Crippen LogP contribution in [0.3, 0.4) is 0 Å². The van der Waals surface area contributed by atoms with E-state index in [-0.39, 0.29) is 18.5 Å². The minimum Gasteiger partial charge on any atom is -0.346 e. The van der Waals surface area contributed by atoms with Gasteiger partial charge in [0.2, 0.25) is 5.91 Å². The van der Waals surface area contributed by atoms with E-state index in [0.717, 1.165) is 28.8 Å². The quantitative estimate of drug-likeness (QED) is 0.628. The largest absolute Gasteiger partial charge is 0.346 e. The first-order valence-corrected chi connectivity index (χ1v) is 10.1. The van der Waals surface area contributed by atoms with Crippen LogP contribution >= 0.6 is 0 Å². The Balaban J connectivity index is 1.48. The number of fused-ring (bicyclic) bond motifs is 1. The van der Waals surface area contributed by atoms with Gasteiger partial charge in [-0.2, -0.15) is 5.10 Å². The Morgan fingerprint density at radius 3 is 2.65 bits per heavy atom. The maximum absolute atomic E-state index is 13.9. The molecule has 162 valence electrons. The van der Waals surface area contributed by atoms with Crippen molar-refractivity contribution in [2.24, 2.45) is 0 Å². The SMILES string of the molecule is Cc1nc(CCc2cnn(Cc3ccc(F)cc3F)c2)nc2c1N(C)C(=O)[C@H](C)N2C. The van der Waals surface area contributed by atoms with Gasteiger partial charge in [0.05, 0.1) is 18.4 Å². The first-order valence-electron chi connectivity index (χ1n) is 10.1. The first kappa shape index (κ1) is 20.9. The van der Waals surface area contributed by atoms with Crippen LogP contribution in [0.25, 0.3) is 0 Å². The zero-order valence-corrected chi connectivity index (χ0v) is 17.9. The van der Waals surface area contributed by atoms with Crippen molar-refractivity contribution in [3.05, 3.63) is 64.9 Å². The number of halogens is 2. The molecule has 1 aliphatic heterocycles. The van der Waals surface area contributed by atoms with E-state index in [1.165, 1.54) is 12.1 Å². The molecule has 0 unspecified atom stereocenters. The van der Waals surface area contributed by atoms with E-state index in [1.54, 1.807) is 22.8 Å². The van der Waals surface area contributed by atoms with Crippen LogP contribution in [0, 0.1) is 18.6 Å². The number of hydrogen-bond donors (Lipinski definition) is 0. The average Bonchev–Trinajstić information content (AvgIpc) is 3.18. The third-order valence-corrected chi connectivity index (χ3v) is 5.70. The molecule has 0 N–H and O–H groups in total. The van der Waals surface area contributed by atoms with Gasteiger partial charge in [0.15, 0.2) is 5.82 Å². The number of carbonyl (C=O) groups is 1. The standard InChI is InChI=1S/C22H24F2N6O/c1-13-20-21(28(3)14(2)22(31)29(20)4)27-19(26-13)8-5-15-10-25-30(11-15)12-16-6-7-17(23)9-18(16)24/h6-7,9-11,14H,5,8,12H2,1-4H3/t14-/m0/s1. The highest BCUT2D eigenvalue weighted by Crippen LogP contribution is 2.34. The van der Waals surface area contributed by atoms with E-state index in [2.05, 4.69) is 10.1 Å². The monoisotopic (exact) mass is 426 g/mol. The van der Waals surface area contributed by atoms with E-state index in [9.17, 15) is 13.6 Å². The van der Waals surface area contributed by atoms with E-state index in [0.29, 0.717) is 24.2 Å². The highest BCUT2D eigenvalue weighted by Gasteiger charge is 2.34. The molecule has 31 heavy (non-hydrogen) atoms. The van der Waals surface area contributed by atoms with Crippen LogP contribution in [0.4, 0.5) is 20.3 Å². The number of likely N-dealkylation sites (N-methyl/N-ethyl adjacent to an activating group) is 2. The molecular weight excluding hydrogens is 402 g/mol. The van der Waals surface area contributed by atoms with Gasteiger partial charge in [-0.3, -0.25) is 9.48 Å². The van der Waals surface area contributed by atoms with Gasteiger partial charge in [-0.25, -0.2) is 18.7 Å². The fraction of sp³-hybridized carbons (Fsp3) is 0.364. The van der Waals surface area contributed by atoms with Crippen molar-refractivity contribution in [1.29, 1.82) is 0 Å². The Hall–Kier alpha value is -3.36. The van der Waals surface area contributed by atoms with Crippen molar-refractivity contribution >= 4 is 17.4 Å². The Labute approximate surface area is 179 Å². The van der Waals surface area contributed by atoms with Crippen molar-refractivity contribution in [1.82, 2.24) is 19.7 Å². The second-order valence-electron chi connectivity index (χ2n) is 7.86. The molecule has 0 bridgehead atoms. The van der Waals surface area contributed by atoms with E-state index in [4.69, 9.17) is 4.98 Å². The molecule has 0 aliphatic carbocycles. The lowest BCUT2D eigenvalue weighted by Gasteiger charge is -2.37. The topological polar surface area (TPSA) is 67.2 Å². The Kier molecular flexibility index (Phi) is 5.43. The van der Waals surface area contributed by atoms with Crippen LogP contribution in [-0.4, -0.2) is 45.8 Å². The minimum absolute atomic E-state index is 0.0134. The molecule has 4 rings (SSSR count). The number of benzene rings is 1. The third-order valence-electron chi connectivity index (χ3n) is 5.70. The van der Waals surface area contributed by atoms with Gasteiger partial charge in [0, 0.05) is 38.3 Å². The lowest BCUT2D eigenvalue weighted by Crippen LogP contribution is -2.50. The summed E-state index contributed by atoms with van der Waals surface area (Å²) in [5.41, 5.74) is 2.84. The van der Waals surface area contributed by atoms with E-state index in [1.807, 2.05) is 32.0 Å². The second kappa shape index (κ2) is 8.05. The summed E-state index contributed by atoms with van der Waals surface area (Å²) >= 11 is 0. The van der Waals surface area contributed by atoms with Crippen molar-refractivity contribution < 1.29 is 13.6 Å². The van der Waals surface area contributed by atoms with Crippen LogP contribution in [0.5, 0.6) is 0 Å². The molecule has 2 aromatic heterocycles. The molecular formula is C22H24F2N6O. The van der Waals surface area contributed by atoms with Crippen molar-refractivity contribution in [2.45, 2.75) is 39.3 Å². The first-order chi connectivity index (χ1) is 14.7. The van der Waals surface area contributed by atoms with Crippen LogP contribution < -0.4 is 9.80 Å². The maximum atomic E-state index is 13.9. The molecule has 0 spiro atoms. The Bertz CT molecular complexity index is 1150. The molecule has 1 atom stereocenters. The lowest BCUT2D eigenvalue weighted by molar-refractivity contribution is -0.119. The molecule has 1 aromatic carbocycles. The summed E-state index contributed by atoms with van der Waals surface area (Å²) in [6, 6.07) is 3.25. The molecule has 0 fully saturated rings. The van der Waals surface area contributed by atoms with E-state index >= 15 is 0 Å². The van der Waals surface area contributed by atoms with E-state index < -0.39 is 11.6 Å². The predicted molar refractivity (Wildman–Crippen MR) is 113 cm³/mol. The van der Waals surface area contributed by atoms with Crippen molar-refractivity contribution in [2.75, 3.05) is 23.9 Å². The smallest absolute Gasteiger partial charge is 0.249 e. The number of anilines is 2. The van der Waals surface area contributed by atoms with Gasteiger partial charge in [0.1, 0.15) is 29.2 Å². The fourth-order valence-corrected chi connectivity index (χ4v) is 3.80. The summed E-state index contributed by atoms with van der Waals surface area (Å²) in [5, 5.41) is 4.28. The summed E-state index contributed by atoms with van der Waals surface area (Å²) in [6.45, 7) is 3.97. The number of nitrogens with zero attached hydrogens (tertiary/aromatic N) is 6. The summed E-state index contributed by atoms with van der Waals surface area (Å²) in [7, 11) is 3.61. The number of carbonyl (C=O) groups excluding carboxylic acids is 1. The van der Waals surface area contributed by atoms with Crippen LogP contribution in [0.2, 0.25) is 0 Å². The van der Waals surface area contributed by atoms with Gasteiger partial charge in [-0.1, -0.05) is 6.07 Å². The number of aromatic nitrogens is 4. The lowest BCUT2D eigenvalue weighted by atomic mass is 10.1. The second-order valence-corrected chi connectivity index (χ2v) is 7.86. The van der Waals surface area contributed by atoms with Gasteiger partial charge >= 0.3 is 0 Å². The maximum Gasteiger partial charge on any atom is 0.249 e. The summed E-state index contributed by atoms with van der Waals surface area (Å²) in [5.74, 6) is 0.268. The van der Waals surface area contributed by atoms with Gasteiger partial charge in [-0.05, 0) is 31.9 Å². The molecule has 1 aliphatic rings. The minimum atomic E-state index is -0.599. The molecule has 3 heterocycles. The molecule has 9 heteroatoms. The summed E-state index contributed by atoms with van der Waals surface area (Å²) < 4.78 is 28.6. The van der Waals surface area contributed by atoms with Crippen molar-refractivity contribution in [3.63, 3.8) is 0 Å². The zero-order valence-electron chi connectivity index (χ0n) is 17.9. The summed E-state index contributed by atoms with van der Waals surface area (Å²) in [4.78, 5) is 25.2. The van der Waals surface area contributed by atoms with Gasteiger partial charge < -0.3 is 9.80 Å². The molecule has 0 saturated carbocycles. The number of rotatable bonds is 5. The molecule has 0 radical (unpaired) electrons. The zero-order chi connectivity index (χ0) is 22.3. The summed E-state index contributed by atoms with van der Waals surface area (Å²) in [6.07, 6.45) is 4.84. The molecule has 0 saturated heterocycles.